The van der Waals surface area contributed by atoms with Crippen molar-refractivity contribution in [3.05, 3.63) is 52.3 Å². The molecule has 3 rings (SSSR count). The molecule has 0 aliphatic carbocycles. The Bertz CT molecular complexity index is 1080. The van der Waals surface area contributed by atoms with Crippen LogP contribution in [0.25, 0.3) is 0 Å². The molecular weight excluding hydrogens is 402 g/mol. The van der Waals surface area contributed by atoms with Gasteiger partial charge in [0.2, 0.25) is 10.0 Å². The zero-order valence-electron chi connectivity index (χ0n) is 18.1. The highest BCUT2D eigenvalue weighted by Gasteiger charge is 2.38. The van der Waals surface area contributed by atoms with Crippen LogP contribution in [0.15, 0.2) is 29.2 Å². The minimum atomic E-state index is -3.74. The minimum Gasteiger partial charge on any atom is -0.496 e. The van der Waals surface area contributed by atoms with Gasteiger partial charge in [-0.2, -0.15) is 4.31 Å². The summed E-state index contributed by atoms with van der Waals surface area (Å²) in [7, 11) is -2.15. The Labute approximate surface area is 178 Å². The van der Waals surface area contributed by atoms with Crippen LogP contribution in [0, 0.1) is 13.8 Å². The van der Waals surface area contributed by atoms with E-state index in [-0.39, 0.29) is 12.0 Å². The van der Waals surface area contributed by atoms with E-state index in [2.05, 4.69) is 4.98 Å². The Morgan fingerprint density at radius 2 is 1.97 bits per heavy atom. The van der Waals surface area contributed by atoms with Crippen LogP contribution >= 0.6 is 0 Å². The molecule has 7 nitrogen and oxygen atoms in total. The second-order valence-corrected chi connectivity index (χ2v) is 9.88. The van der Waals surface area contributed by atoms with E-state index in [9.17, 15) is 13.2 Å². The number of amides is 1. The van der Waals surface area contributed by atoms with Crippen LogP contribution in [0.4, 0.5) is 0 Å². The van der Waals surface area contributed by atoms with Gasteiger partial charge in [-0.3, -0.25) is 9.78 Å². The largest absolute Gasteiger partial charge is 0.496 e. The number of hydrogen-bond acceptors (Lipinski definition) is 5. The van der Waals surface area contributed by atoms with Crippen molar-refractivity contribution in [3.63, 3.8) is 0 Å². The standard InChI is InChI=1S/C22H29N3O4S/c1-13(2)17-12-21(14(3)11-20(17)29-5)30(27,28)25-10-6-7-19(25)18-9-8-16(22(23)26)15(4)24-18/h8-9,11-13,19H,6-7,10H2,1-5H3,(H2,23,26). The molecule has 2 aromatic rings. The molecule has 0 spiro atoms. The Hall–Kier alpha value is -2.45. The van der Waals surface area contributed by atoms with Crippen molar-refractivity contribution < 1.29 is 17.9 Å². The molecule has 2 heterocycles. The van der Waals surface area contributed by atoms with Crippen molar-refractivity contribution in [1.82, 2.24) is 9.29 Å². The molecule has 1 fully saturated rings. The van der Waals surface area contributed by atoms with E-state index < -0.39 is 15.9 Å². The fraction of sp³-hybridized carbons (Fsp3) is 0.455. The van der Waals surface area contributed by atoms with Gasteiger partial charge in [-0.15, -0.1) is 0 Å². The maximum absolute atomic E-state index is 13.7. The summed E-state index contributed by atoms with van der Waals surface area (Å²) in [5.74, 6) is 0.269. The highest BCUT2D eigenvalue weighted by atomic mass is 32.2. The summed E-state index contributed by atoms with van der Waals surface area (Å²) in [6, 6.07) is 6.47. The molecule has 30 heavy (non-hydrogen) atoms. The zero-order chi connectivity index (χ0) is 22.2. The molecule has 1 unspecified atom stereocenters. The number of benzene rings is 1. The summed E-state index contributed by atoms with van der Waals surface area (Å²) >= 11 is 0. The van der Waals surface area contributed by atoms with Crippen LogP contribution in [0.5, 0.6) is 5.75 Å². The first-order valence-corrected chi connectivity index (χ1v) is 11.5. The predicted octanol–water partition coefficient (Wildman–Crippen LogP) is 3.46. The van der Waals surface area contributed by atoms with Crippen LogP contribution in [0.2, 0.25) is 0 Å². The Morgan fingerprint density at radius 3 is 2.53 bits per heavy atom. The van der Waals surface area contributed by atoms with Crippen molar-refractivity contribution >= 4 is 15.9 Å². The first kappa shape index (κ1) is 22.2. The third-order valence-electron chi connectivity index (χ3n) is 5.65. The number of aryl methyl sites for hydroxylation is 2. The molecule has 1 saturated heterocycles. The number of primary amides is 1. The number of ether oxygens (including phenoxy) is 1. The average molecular weight is 432 g/mol. The predicted molar refractivity (Wildman–Crippen MR) is 115 cm³/mol. The van der Waals surface area contributed by atoms with Crippen LogP contribution in [0.3, 0.4) is 0 Å². The lowest BCUT2D eigenvalue weighted by Crippen LogP contribution is -2.32. The van der Waals surface area contributed by atoms with Gasteiger partial charge in [-0.1, -0.05) is 13.8 Å². The van der Waals surface area contributed by atoms with E-state index in [1.54, 1.807) is 45.2 Å². The Kier molecular flexibility index (Phi) is 6.19. The maximum Gasteiger partial charge on any atom is 0.250 e. The smallest absolute Gasteiger partial charge is 0.250 e. The van der Waals surface area contributed by atoms with Crippen molar-refractivity contribution in [2.24, 2.45) is 5.73 Å². The van der Waals surface area contributed by atoms with Gasteiger partial charge in [0, 0.05) is 6.54 Å². The van der Waals surface area contributed by atoms with Gasteiger partial charge in [0.1, 0.15) is 5.75 Å². The average Bonchev–Trinajstić information content (AvgIpc) is 3.17. The van der Waals surface area contributed by atoms with E-state index >= 15 is 0 Å². The van der Waals surface area contributed by atoms with Gasteiger partial charge in [0.25, 0.3) is 5.91 Å². The van der Waals surface area contributed by atoms with Gasteiger partial charge >= 0.3 is 0 Å². The summed E-state index contributed by atoms with van der Waals surface area (Å²) in [5.41, 5.74) is 8.37. The number of nitrogens with two attached hydrogens (primary N) is 1. The molecule has 1 aromatic heterocycles. The van der Waals surface area contributed by atoms with Crippen molar-refractivity contribution in [2.45, 2.75) is 57.4 Å². The lowest BCUT2D eigenvalue weighted by molar-refractivity contribution is 0.0999. The SMILES string of the molecule is COc1cc(C)c(S(=O)(=O)N2CCCC2c2ccc(C(N)=O)c(C)n2)cc1C(C)C. The number of sulfonamides is 1. The normalized spacial score (nSPS) is 17.5. The summed E-state index contributed by atoms with van der Waals surface area (Å²) in [6.45, 7) is 7.94. The molecule has 0 radical (unpaired) electrons. The number of pyridine rings is 1. The molecule has 162 valence electrons. The third kappa shape index (κ3) is 3.94. The van der Waals surface area contributed by atoms with Crippen molar-refractivity contribution in [3.8, 4) is 5.75 Å². The van der Waals surface area contributed by atoms with E-state index in [0.29, 0.717) is 46.1 Å². The molecule has 8 heteroatoms. The van der Waals surface area contributed by atoms with Crippen LogP contribution in [0.1, 0.15) is 71.5 Å². The summed E-state index contributed by atoms with van der Waals surface area (Å²) < 4.78 is 34.3. The number of methoxy groups -OCH3 is 1. The van der Waals surface area contributed by atoms with E-state index in [1.807, 2.05) is 13.8 Å². The number of nitrogens with zero attached hydrogens (tertiary/aromatic N) is 2. The molecule has 0 bridgehead atoms. The molecule has 1 aliphatic heterocycles. The summed E-state index contributed by atoms with van der Waals surface area (Å²) in [5, 5.41) is 0. The van der Waals surface area contributed by atoms with Crippen molar-refractivity contribution in [1.29, 1.82) is 0 Å². The lowest BCUT2D eigenvalue weighted by atomic mass is 10.0. The zero-order valence-corrected chi connectivity index (χ0v) is 18.9. The quantitative estimate of drug-likeness (QED) is 0.755. The van der Waals surface area contributed by atoms with Gasteiger partial charge in [0.05, 0.1) is 35.0 Å². The molecule has 1 aromatic carbocycles. The van der Waals surface area contributed by atoms with Gasteiger partial charge < -0.3 is 10.5 Å². The van der Waals surface area contributed by atoms with E-state index in [4.69, 9.17) is 10.5 Å². The fourth-order valence-corrected chi connectivity index (χ4v) is 5.97. The van der Waals surface area contributed by atoms with Crippen molar-refractivity contribution in [2.75, 3.05) is 13.7 Å². The van der Waals surface area contributed by atoms with Crippen LogP contribution in [-0.2, 0) is 10.0 Å². The maximum atomic E-state index is 13.7. The van der Waals surface area contributed by atoms with Gasteiger partial charge in [-0.05, 0) is 68.0 Å². The molecule has 0 saturated carbocycles. The fourth-order valence-electron chi connectivity index (χ4n) is 4.06. The number of rotatable bonds is 6. The highest BCUT2D eigenvalue weighted by Crippen LogP contribution is 2.39. The van der Waals surface area contributed by atoms with Crippen LogP contribution < -0.4 is 10.5 Å². The monoisotopic (exact) mass is 431 g/mol. The van der Waals surface area contributed by atoms with E-state index in [0.717, 1.165) is 12.0 Å². The number of carbonyl (C=O) groups excluding carboxylic acids is 1. The molecule has 1 aliphatic rings. The molecule has 1 atom stereocenters. The van der Waals surface area contributed by atoms with Gasteiger partial charge in [0.15, 0.2) is 0 Å². The third-order valence-corrected chi connectivity index (χ3v) is 7.70. The highest BCUT2D eigenvalue weighted by molar-refractivity contribution is 7.89. The first-order valence-electron chi connectivity index (χ1n) is 10.1. The Morgan fingerprint density at radius 1 is 1.27 bits per heavy atom. The first-order chi connectivity index (χ1) is 14.1. The topological polar surface area (TPSA) is 103 Å². The number of hydrogen-bond donors (Lipinski definition) is 1. The summed E-state index contributed by atoms with van der Waals surface area (Å²) in [4.78, 5) is 16.3. The van der Waals surface area contributed by atoms with Gasteiger partial charge in [-0.25, -0.2) is 8.42 Å². The Balaban J connectivity index is 2.05. The van der Waals surface area contributed by atoms with Crippen LogP contribution in [-0.4, -0.2) is 37.3 Å². The molecular formula is C22H29N3O4S. The molecule has 1 amide bonds. The number of aromatic nitrogens is 1. The minimum absolute atomic E-state index is 0.120. The second-order valence-electron chi connectivity index (χ2n) is 8.02. The second kappa shape index (κ2) is 8.35. The summed E-state index contributed by atoms with van der Waals surface area (Å²) in [6.07, 6.45) is 1.42. The lowest BCUT2D eigenvalue weighted by Gasteiger charge is -2.26. The van der Waals surface area contributed by atoms with E-state index in [1.165, 1.54) is 4.31 Å². The molecule has 2 N–H and O–H groups in total. The number of carbonyl (C=O) groups is 1.